The van der Waals surface area contributed by atoms with Crippen LogP contribution in [0.4, 0.5) is 10.6 Å². The molecule has 0 radical (unpaired) electrons. The number of nitrogens with one attached hydrogen (secondary N) is 2. The molecule has 0 unspecified atom stereocenters. The highest BCUT2D eigenvalue weighted by Gasteiger charge is 2.28. The van der Waals surface area contributed by atoms with Gasteiger partial charge in [0, 0.05) is 11.8 Å². The zero-order chi connectivity index (χ0) is 20.1. The van der Waals surface area contributed by atoms with E-state index >= 15 is 0 Å². The van der Waals surface area contributed by atoms with Crippen molar-refractivity contribution in [2.24, 2.45) is 0 Å². The molecule has 2 amide bonds. The van der Waals surface area contributed by atoms with Crippen LogP contribution in [0.25, 0.3) is 0 Å². The van der Waals surface area contributed by atoms with E-state index in [1.165, 1.54) is 23.5 Å². The van der Waals surface area contributed by atoms with Crippen LogP contribution in [0.2, 0.25) is 0 Å². The smallest absolute Gasteiger partial charge is 0.334 e. The Morgan fingerprint density at radius 3 is 2.46 bits per heavy atom. The third kappa shape index (κ3) is 3.41. The number of carbonyl (C=O) groups excluding carboxylic acids is 1. The first-order valence-electron chi connectivity index (χ1n) is 9.61. The van der Waals surface area contributed by atoms with Gasteiger partial charge in [0.15, 0.2) is 0 Å². The van der Waals surface area contributed by atoms with E-state index < -0.39 is 16.1 Å². The van der Waals surface area contributed by atoms with Crippen LogP contribution in [0, 0.1) is 0 Å². The van der Waals surface area contributed by atoms with Gasteiger partial charge in [-0.1, -0.05) is 20.8 Å². The second kappa shape index (κ2) is 6.62. The standard InChI is InChI=1S/C20H25N3O4S/c1-20(2,3)12-10-17(27-11-12)28(25,26)23-19(24)22-18-15-8-4-6-13(15)14-7-5-9-16(14)21-18/h10-11H,4-9H2,1-3H3,(H2,21,22,23,24). The Morgan fingerprint density at radius 1 is 1.07 bits per heavy atom. The van der Waals surface area contributed by atoms with Crippen molar-refractivity contribution in [3.8, 4) is 0 Å². The number of fused-ring (bicyclic) bond motifs is 3. The molecule has 2 N–H and O–H groups in total. The van der Waals surface area contributed by atoms with Gasteiger partial charge in [-0.2, -0.15) is 8.42 Å². The highest BCUT2D eigenvalue weighted by Crippen LogP contribution is 2.36. The van der Waals surface area contributed by atoms with Crippen LogP contribution in [0.15, 0.2) is 21.8 Å². The summed E-state index contributed by atoms with van der Waals surface area (Å²) < 4.78 is 32.2. The SMILES string of the molecule is CC(C)(C)c1coc(S(=O)(=O)NC(=O)Nc2nc3c(c4c2CCC4)CCC3)c1. The van der Waals surface area contributed by atoms with Crippen LogP contribution in [0.3, 0.4) is 0 Å². The highest BCUT2D eigenvalue weighted by atomic mass is 32.2. The van der Waals surface area contributed by atoms with Gasteiger partial charge in [0.25, 0.3) is 10.0 Å². The van der Waals surface area contributed by atoms with Crippen LogP contribution in [-0.2, 0) is 41.1 Å². The Hall–Kier alpha value is -2.35. The van der Waals surface area contributed by atoms with Gasteiger partial charge in [0.05, 0.1) is 6.26 Å². The van der Waals surface area contributed by atoms with E-state index in [0.717, 1.165) is 55.3 Å². The maximum absolute atomic E-state index is 12.5. The van der Waals surface area contributed by atoms with E-state index in [1.54, 1.807) is 0 Å². The van der Waals surface area contributed by atoms with Gasteiger partial charge in [-0.25, -0.2) is 14.5 Å². The Kier molecular flexibility index (Phi) is 4.49. The molecule has 28 heavy (non-hydrogen) atoms. The number of hydrogen-bond donors (Lipinski definition) is 2. The summed E-state index contributed by atoms with van der Waals surface area (Å²) in [4.78, 5) is 17.0. The number of urea groups is 1. The van der Waals surface area contributed by atoms with Crippen molar-refractivity contribution >= 4 is 21.9 Å². The van der Waals surface area contributed by atoms with E-state index in [9.17, 15) is 13.2 Å². The average Bonchev–Trinajstić information content (AvgIpc) is 3.32. The van der Waals surface area contributed by atoms with E-state index in [4.69, 9.17) is 4.42 Å². The number of anilines is 1. The molecule has 2 aromatic heterocycles. The Labute approximate surface area is 165 Å². The monoisotopic (exact) mass is 403 g/mol. The number of aryl methyl sites for hydroxylation is 1. The summed E-state index contributed by atoms with van der Waals surface area (Å²) >= 11 is 0. The molecule has 2 aliphatic carbocycles. The Bertz CT molecular complexity index is 1050. The lowest BCUT2D eigenvalue weighted by Crippen LogP contribution is -2.34. The molecule has 150 valence electrons. The molecule has 8 heteroatoms. The fraction of sp³-hybridized carbons (Fsp3) is 0.500. The van der Waals surface area contributed by atoms with Crippen molar-refractivity contribution in [1.29, 1.82) is 0 Å². The highest BCUT2D eigenvalue weighted by molar-refractivity contribution is 7.89. The summed E-state index contributed by atoms with van der Waals surface area (Å²) in [5.41, 5.74) is 5.18. The van der Waals surface area contributed by atoms with Gasteiger partial charge in [-0.15, -0.1) is 0 Å². The van der Waals surface area contributed by atoms with Crippen LogP contribution < -0.4 is 10.0 Å². The van der Waals surface area contributed by atoms with Crippen molar-refractivity contribution in [2.45, 2.75) is 69.8 Å². The first-order valence-corrected chi connectivity index (χ1v) is 11.1. The van der Waals surface area contributed by atoms with Gasteiger partial charge in [-0.3, -0.25) is 5.32 Å². The molecule has 2 heterocycles. The lowest BCUT2D eigenvalue weighted by atomic mass is 9.89. The summed E-state index contributed by atoms with van der Waals surface area (Å²) in [7, 11) is -4.10. The largest absolute Gasteiger partial charge is 0.451 e. The van der Waals surface area contributed by atoms with Crippen molar-refractivity contribution in [3.63, 3.8) is 0 Å². The van der Waals surface area contributed by atoms with Crippen molar-refractivity contribution < 1.29 is 17.6 Å². The van der Waals surface area contributed by atoms with Crippen LogP contribution in [-0.4, -0.2) is 19.4 Å². The summed E-state index contributed by atoms with van der Waals surface area (Å²) in [6, 6.07) is 0.620. The summed E-state index contributed by atoms with van der Waals surface area (Å²) in [5.74, 6) is 0.482. The Balaban J connectivity index is 1.54. The molecule has 0 bridgehead atoms. The van der Waals surface area contributed by atoms with Crippen molar-refractivity contribution in [2.75, 3.05) is 5.32 Å². The minimum absolute atomic E-state index is 0.256. The molecule has 0 saturated heterocycles. The van der Waals surface area contributed by atoms with Gasteiger partial charge >= 0.3 is 6.03 Å². The van der Waals surface area contributed by atoms with Crippen LogP contribution in [0.5, 0.6) is 0 Å². The van der Waals surface area contributed by atoms with Crippen molar-refractivity contribution in [1.82, 2.24) is 9.71 Å². The molecule has 4 rings (SSSR count). The fourth-order valence-corrected chi connectivity index (χ4v) is 4.83. The summed E-state index contributed by atoms with van der Waals surface area (Å²) in [6.45, 7) is 5.86. The summed E-state index contributed by atoms with van der Waals surface area (Å²) in [6.07, 6.45) is 7.31. The molecule has 0 atom stereocenters. The quantitative estimate of drug-likeness (QED) is 0.817. The number of pyridine rings is 1. The van der Waals surface area contributed by atoms with Gasteiger partial charge in [0.2, 0.25) is 5.09 Å². The van der Waals surface area contributed by atoms with E-state index in [-0.39, 0.29) is 10.5 Å². The molecule has 0 spiro atoms. The Morgan fingerprint density at radius 2 is 1.75 bits per heavy atom. The van der Waals surface area contributed by atoms with Crippen LogP contribution >= 0.6 is 0 Å². The maximum Gasteiger partial charge on any atom is 0.334 e. The number of carbonyl (C=O) groups is 1. The molecule has 2 aliphatic rings. The molecular formula is C20H25N3O4S. The number of hydrogen-bond acceptors (Lipinski definition) is 5. The molecule has 2 aromatic rings. The lowest BCUT2D eigenvalue weighted by Gasteiger charge is -2.14. The number of nitrogens with zero attached hydrogens (tertiary/aromatic N) is 1. The van der Waals surface area contributed by atoms with Gasteiger partial charge in [-0.05, 0) is 66.2 Å². The maximum atomic E-state index is 12.5. The summed E-state index contributed by atoms with van der Waals surface area (Å²) in [5, 5.41) is 2.37. The second-order valence-electron chi connectivity index (χ2n) is 8.51. The van der Waals surface area contributed by atoms with E-state index in [2.05, 4.69) is 10.3 Å². The second-order valence-corrected chi connectivity index (χ2v) is 10.1. The van der Waals surface area contributed by atoms with Crippen LogP contribution in [0.1, 0.15) is 61.6 Å². The molecule has 7 nitrogen and oxygen atoms in total. The van der Waals surface area contributed by atoms with E-state index in [0.29, 0.717) is 5.82 Å². The number of rotatable bonds is 3. The number of furan rings is 1. The zero-order valence-corrected chi connectivity index (χ0v) is 17.2. The number of sulfonamides is 1. The predicted molar refractivity (Wildman–Crippen MR) is 105 cm³/mol. The zero-order valence-electron chi connectivity index (χ0n) is 16.4. The normalized spacial score (nSPS) is 16.0. The minimum Gasteiger partial charge on any atom is -0.451 e. The molecule has 0 saturated carbocycles. The van der Waals surface area contributed by atoms with Gasteiger partial charge in [0.1, 0.15) is 5.82 Å². The molecular weight excluding hydrogens is 378 g/mol. The van der Waals surface area contributed by atoms with Gasteiger partial charge < -0.3 is 4.42 Å². The third-order valence-corrected chi connectivity index (χ3v) is 6.67. The first-order chi connectivity index (χ1) is 13.1. The van der Waals surface area contributed by atoms with Crippen molar-refractivity contribution in [3.05, 3.63) is 40.3 Å². The number of aromatic nitrogens is 1. The predicted octanol–water partition coefficient (Wildman–Crippen LogP) is 3.46. The fourth-order valence-electron chi connectivity index (χ4n) is 3.98. The third-order valence-electron chi connectivity index (χ3n) is 5.47. The molecule has 0 aliphatic heterocycles. The molecule has 0 fully saturated rings. The topological polar surface area (TPSA) is 101 Å². The minimum atomic E-state index is -4.10. The average molecular weight is 404 g/mol. The van der Waals surface area contributed by atoms with E-state index in [1.807, 2.05) is 25.5 Å². The first kappa shape index (κ1) is 19.0. The molecule has 0 aromatic carbocycles. The lowest BCUT2D eigenvalue weighted by molar-refractivity contribution is 0.256. The number of amides is 2.